The van der Waals surface area contributed by atoms with E-state index in [0.29, 0.717) is 0 Å². The van der Waals surface area contributed by atoms with Crippen molar-refractivity contribution >= 4 is 11.8 Å². The molecule has 0 saturated carbocycles. The van der Waals surface area contributed by atoms with Crippen molar-refractivity contribution in [3.8, 4) is 0 Å². The zero-order chi connectivity index (χ0) is 7.56. The third kappa shape index (κ3) is 2.19. The van der Waals surface area contributed by atoms with Crippen molar-refractivity contribution in [3.63, 3.8) is 0 Å². The molecule has 10 heavy (non-hydrogen) atoms. The van der Waals surface area contributed by atoms with E-state index < -0.39 is 0 Å². The largest absolute Gasteiger partial charge is 0.159 e. The molecule has 0 nitrogen and oxygen atoms in total. The number of hydrogen-bond acceptors (Lipinski definition) is 1. The molecule has 0 aromatic carbocycles. The Bertz CT molecular complexity index is 98.9. The van der Waals surface area contributed by atoms with E-state index in [1.165, 1.54) is 18.6 Å². The van der Waals surface area contributed by atoms with Crippen LogP contribution >= 0.6 is 11.8 Å². The minimum atomic E-state index is 0.906. The van der Waals surface area contributed by atoms with Gasteiger partial charge in [-0.1, -0.05) is 20.8 Å². The summed E-state index contributed by atoms with van der Waals surface area (Å²) in [6.07, 6.45) is 2.90. The fraction of sp³-hybridized carbons (Fsp3) is 1.00. The van der Waals surface area contributed by atoms with Crippen LogP contribution in [0.1, 0.15) is 33.6 Å². The first-order chi connectivity index (χ1) is 4.70. The summed E-state index contributed by atoms with van der Waals surface area (Å²) in [5.74, 6) is 3.31. The van der Waals surface area contributed by atoms with Gasteiger partial charge in [0.1, 0.15) is 0 Å². The highest BCUT2D eigenvalue weighted by Gasteiger charge is 2.21. The van der Waals surface area contributed by atoms with E-state index in [4.69, 9.17) is 0 Å². The van der Waals surface area contributed by atoms with E-state index in [-0.39, 0.29) is 0 Å². The van der Waals surface area contributed by atoms with Crippen LogP contribution in [0.3, 0.4) is 0 Å². The normalized spacial score (nSPS) is 34.8. The van der Waals surface area contributed by atoms with E-state index in [1.807, 2.05) is 0 Å². The Hall–Kier alpha value is 0.350. The lowest BCUT2D eigenvalue weighted by atomic mass is 9.89. The number of thioether (sulfide) groups is 1. The standard InChI is InChI=1S/C9H18S/c1-7(2)9-4-5-10-8(3)6-9/h7-9H,4-6H2,1-3H3/t8-,9?/m0/s1. The van der Waals surface area contributed by atoms with Gasteiger partial charge >= 0.3 is 0 Å². The van der Waals surface area contributed by atoms with Crippen molar-refractivity contribution in [2.75, 3.05) is 5.75 Å². The van der Waals surface area contributed by atoms with E-state index >= 15 is 0 Å². The topological polar surface area (TPSA) is 0 Å². The van der Waals surface area contributed by atoms with E-state index in [9.17, 15) is 0 Å². The summed E-state index contributed by atoms with van der Waals surface area (Å²) in [6.45, 7) is 7.07. The van der Waals surface area contributed by atoms with Gasteiger partial charge in [0.2, 0.25) is 0 Å². The molecule has 60 valence electrons. The predicted molar refractivity (Wildman–Crippen MR) is 49.5 cm³/mol. The van der Waals surface area contributed by atoms with E-state index in [0.717, 1.165) is 17.1 Å². The lowest BCUT2D eigenvalue weighted by Crippen LogP contribution is -2.19. The lowest BCUT2D eigenvalue weighted by molar-refractivity contribution is 0.343. The Kier molecular flexibility index (Phi) is 3.09. The number of hydrogen-bond donors (Lipinski definition) is 0. The molecule has 0 bridgehead atoms. The Balaban J connectivity index is 2.32. The quantitative estimate of drug-likeness (QED) is 0.565. The van der Waals surface area contributed by atoms with Crippen LogP contribution < -0.4 is 0 Å². The maximum Gasteiger partial charge on any atom is 0.00214 e. The van der Waals surface area contributed by atoms with Crippen molar-refractivity contribution in [2.45, 2.75) is 38.9 Å². The van der Waals surface area contributed by atoms with Crippen LogP contribution in [0.4, 0.5) is 0 Å². The molecular formula is C9H18S. The monoisotopic (exact) mass is 158 g/mol. The van der Waals surface area contributed by atoms with E-state index in [1.54, 1.807) is 0 Å². The molecule has 0 radical (unpaired) electrons. The first kappa shape index (κ1) is 8.45. The Morgan fingerprint density at radius 3 is 2.50 bits per heavy atom. The molecular weight excluding hydrogens is 140 g/mol. The molecule has 0 aliphatic carbocycles. The van der Waals surface area contributed by atoms with Gasteiger partial charge in [0, 0.05) is 5.25 Å². The third-order valence-electron chi connectivity index (χ3n) is 2.47. The number of rotatable bonds is 1. The smallest absolute Gasteiger partial charge is 0.00214 e. The molecule has 0 amide bonds. The van der Waals surface area contributed by atoms with Gasteiger partial charge in [-0.15, -0.1) is 0 Å². The molecule has 1 saturated heterocycles. The van der Waals surface area contributed by atoms with Crippen LogP contribution in [0.25, 0.3) is 0 Å². The van der Waals surface area contributed by atoms with Crippen LogP contribution in [0.2, 0.25) is 0 Å². The highest BCUT2D eigenvalue weighted by molar-refractivity contribution is 7.99. The highest BCUT2D eigenvalue weighted by atomic mass is 32.2. The Morgan fingerprint density at radius 2 is 2.10 bits per heavy atom. The van der Waals surface area contributed by atoms with Gasteiger partial charge in [-0.3, -0.25) is 0 Å². The van der Waals surface area contributed by atoms with Crippen LogP contribution in [0, 0.1) is 11.8 Å². The summed E-state index contributed by atoms with van der Waals surface area (Å²) in [6, 6.07) is 0. The van der Waals surface area contributed by atoms with E-state index in [2.05, 4.69) is 32.5 Å². The van der Waals surface area contributed by atoms with Crippen molar-refractivity contribution < 1.29 is 0 Å². The second-order valence-electron chi connectivity index (χ2n) is 3.71. The zero-order valence-electron chi connectivity index (χ0n) is 7.26. The molecule has 1 aliphatic rings. The SMILES string of the molecule is CC(C)C1CCS[C@@H](C)C1. The molecule has 0 spiro atoms. The molecule has 1 rings (SSSR count). The van der Waals surface area contributed by atoms with Crippen LogP contribution in [0.15, 0.2) is 0 Å². The van der Waals surface area contributed by atoms with Gasteiger partial charge in [0.25, 0.3) is 0 Å². The van der Waals surface area contributed by atoms with Crippen molar-refractivity contribution in [1.29, 1.82) is 0 Å². The molecule has 0 aromatic rings. The summed E-state index contributed by atoms with van der Waals surface area (Å²) in [4.78, 5) is 0. The average Bonchev–Trinajstić information content (AvgIpc) is 1.88. The van der Waals surface area contributed by atoms with Gasteiger partial charge in [0.15, 0.2) is 0 Å². The zero-order valence-corrected chi connectivity index (χ0v) is 8.08. The average molecular weight is 158 g/mol. The van der Waals surface area contributed by atoms with Gasteiger partial charge < -0.3 is 0 Å². The third-order valence-corrected chi connectivity index (χ3v) is 3.70. The molecule has 1 fully saturated rings. The Labute approximate surface area is 68.8 Å². The van der Waals surface area contributed by atoms with Gasteiger partial charge in [-0.25, -0.2) is 0 Å². The van der Waals surface area contributed by atoms with Crippen LogP contribution in [-0.2, 0) is 0 Å². The molecule has 1 unspecified atom stereocenters. The Morgan fingerprint density at radius 1 is 1.40 bits per heavy atom. The lowest BCUT2D eigenvalue weighted by Gasteiger charge is -2.29. The molecule has 0 aromatic heterocycles. The molecule has 1 heteroatoms. The van der Waals surface area contributed by atoms with Gasteiger partial charge in [-0.2, -0.15) is 11.8 Å². The predicted octanol–water partition coefficient (Wildman–Crippen LogP) is 3.17. The fourth-order valence-corrected chi connectivity index (χ4v) is 2.86. The summed E-state index contributed by atoms with van der Waals surface area (Å²) in [5, 5.41) is 0.918. The van der Waals surface area contributed by atoms with Crippen molar-refractivity contribution in [2.24, 2.45) is 11.8 Å². The maximum atomic E-state index is 2.36. The van der Waals surface area contributed by atoms with Gasteiger partial charge in [-0.05, 0) is 30.4 Å². The first-order valence-corrected chi connectivity index (χ1v) is 5.36. The van der Waals surface area contributed by atoms with Crippen LogP contribution in [0.5, 0.6) is 0 Å². The van der Waals surface area contributed by atoms with Crippen molar-refractivity contribution in [1.82, 2.24) is 0 Å². The van der Waals surface area contributed by atoms with Crippen LogP contribution in [-0.4, -0.2) is 11.0 Å². The molecule has 0 N–H and O–H groups in total. The van der Waals surface area contributed by atoms with Crippen molar-refractivity contribution in [3.05, 3.63) is 0 Å². The second kappa shape index (κ2) is 3.66. The minimum absolute atomic E-state index is 0.906. The molecule has 2 atom stereocenters. The second-order valence-corrected chi connectivity index (χ2v) is 5.26. The fourth-order valence-electron chi connectivity index (χ4n) is 1.64. The highest BCUT2D eigenvalue weighted by Crippen LogP contribution is 2.33. The minimum Gasteiger partial charge on any atom is -0.159 e. The molecule has 1 aliphatic heterocycles. The summed E-state index contributed by atoms with van der Waals surface area (Å²) >= 11 is 2.14. The first-order valence-electron chi connectivity index (χ1n) is 4.31. The summed E-state index contributed by atoms with van der Waals surface area (Å²) in [7, 11) is 0. The van der Waals surface area contributed by atoms with Gasteiger partial charge in [0.05, 0.1) is 0 Å². The maximum absolute atomic E-state index is 2.36. The summed E-state index contributed by atoms with van der Waals surface area (Å²) < 4.78 is 0. The summed E-state index contributed by atoms with van der Waals surface area (Å²) in [5.41, 5.74) is 0. The molecule has 1 heterocycles.